The minimum atomic E-state index is -0.659. The maximum atomic E-state index is 10.6. The number of benzene rings is 1. The second-order valence-electron chi connectivity index (χ2n) is 4.27. The first-order valence-electron chi connectivity index (χ1n) is 5.62. The van der Waals surface area contributed by atoms with Gasteiger partial charge in [0.25, 0.3) is 0 Å². The Kier molecular flexibility index (Phi) is 3.57. The van der Waals surface area contributed by atoms with E-state index in [1.165, 1.54) is 0 Å². The highest BCUT2D eigenvalue weighted by molar-refractivity contribution is 5.73. The fourth-order valence-corrected chi connectivity index (χ4v) is 1.87. The zero-order chi connectivity index (χ0) is 11.4. The summed E-state index contributed by atoms with van der Waals surface area (Å²) >= 11 is 0. The number of carboxylic acids is 1. The molecule has 0 aliphatic heterocycles. The van der Waals surface area contributed by atoms with Gasteiger partial charge < -0.3 is 9.84 Å². The number of hydrogen-bond donors (Lipinski definition) is 1. The van der Waals surface area contributed by atoms with Crippen molar-refractivity contribution in [3.63, 3.8) is 0 Å². The lowest BCUT2D eigenvalue weighted by molar-refractivity contribution is -0.138. The molecule has 1 aromatic rings. The average molecular weight is 220 g/mol. The van der Waals surface area contributed by atoms with Crippen LogP contribution in [-0.4, -0.2) is 17.7 Å². The summed E-state index contributed by atoms with van der Waals surface area (Å²) in [5, 5.41) is 8.72. The third-order valence-corrected chi connectivity index (χ3v) is 2.98. The third-order valence-electron chi connectivity index (χ3n) is 2.98. The molecule has 2 atom stereocenters. The Morgan fingerprint density at radius 2 is 2.12 bits per heavy atom. The lowest BCUT2D eigenvalue weighted by Crippen LogP contribution is -2.02. The maximum Gasteiger partial charge on any atom is 0.306 e. The zero-order valence-electron chi connectivity index (χ0n) is 9.13. The largest absolute Gasteiger partial charge is 0.481 e. The van der Waals surface area contributed by atoms with Crippen molar-refractivity contribution in [3.05, 3.63) is 35.9 Å². The lowest BCUT2D eigenvalue weighted by atomic mass is 10.2. The van der Waals surface area contributed by atoms with Gasteiger partial charge in [0.05, 0.1) is 12.5 Å². The zero-order valence-corrected chi connectivity index (χ0v) is 9.13. The van der Waals surface area contributed by atoms with Crippen LogP contribution in [0.4, 0.5) is 0 Å². The van der Waals surface area contributed by atoms with Crippen LogP contribution in [0.25, 0.3) is 0 Å². The summed E-state index contributed by atoms with van der Waals surface area (Å²) in [7, 11) is 0. The number of hydrogen-bond acceptors (Lipinski definition) is 2. The number of ether oxygens (including phenoxy) is 1. The monoisotopic (exact) mass is 220 g/mol. The van der Waals surface area contributed by atoms with Crippen LogP contribution < -0.4 is 0 Å². The van der Waals surface area contributed by atoms with Gasteiger partial charge in [-0.3, -0.25) is 4.79 Å². The van der Waals surface area contributed by atoms with Crippen LogP contribution in [0.1, 0.15) is 18.4 Å². The van der Waals surface area contributed by atoms with Gasteiger partial charge in [0.2, 0.25) is 0 Å². The van der Waals surface area contributed by atoms with Gasteiger partial charge in [-0.15, -0.1) is 0 Å². The molecule has 0 bridgehead atoms. The number of carboxylic acid groups (broad SMARTS) is 1. The molecule has 2 rings (SSSR count). The summed E-state index contributed by atoms with van der Waals surface area (Å²) in [5.74, 6) is -0.429. The SMILES string of the molecule is O=C(O)[C@@H]1C[C@H]1CCOCc1ccccc1. The molecule has 16 heavy (non-hydrogen) atoms. The molecule has 0 spiro atoms. The predicted octanol–water partition coefficient (Wildman–Crippen LogP) is 2.31. The lowest BCUT2D eigenvalue weighted by Gasteiger charge is -2.03. The molecule has 1 N–H and O–H groups in total. The van der Waals surface area contributed by atoms with Crippen molar-refractivity contribution < 1.29 is 14.6 Å². The van der Waals surface area contributed by atoms with Crippen LogP contribution in [0.15, 0.2) is 30.3 Å². The van der Waals surface area contributed by atoms with Gasteiger partial charge >= 0.3 is 5.97 Å². The molecule has 86 valence electrons. The molecule has 0 unspecified atom stereocenters. The second kappa shape index (κ2) is 5.12. The minimum absolute atomic E-state index is 0.111. The highest BCUT2D eigenvalue weighted by atomic mass is 16.5. The molecule has 1 saturated carbocycles. The molecule has 3 heteroatoms. The van der Waals surface area contributed by atoms with E-state index in [-0.39, 0.29) is 5.92 Å². The molecular weight excluding hydrogens is 204 g/mol. The van der Waals surface area contributed by atoms with E-state index in [0.717, 1.165) is 18.4 Å². The van der Waals surface area contributed by atoms with E-state index in [0.29, 0.717) is 19.1 Å². The van der Waals surface area contributed by atoms with E-state index >= 15 is 0 Å². The van der Waals surface area contributed by atoms with Crippen molar-refractivity contribution in [1.82, 2.24) is 0 Å². The molecule has 0 amide bonds. The van der Waals surface area contributed by atoms with Crippen LogP contribution in [0.5, 0.6) is 0 Å². The highest BCUT2D eigenvalue weighted by Gasteiger charge is 2.42. The molecule has 1 aromatic carbocycles. The van der Waals surface area contributed by atoms with Crippen LogP contribution in [0, 0.1) is 11.8 Å². The molecule has 0 heterocycles. The van der Waals surface area contributed by atoms with Gasteiger partial charge in [-0.25, -0.2) is 0 Å². The summed E-state index contributed by atoms with van der Waals surface area (Å²) in [6, 6.07) is 10.00. The summed E-state index contributed by atoms with van der Waals surface area (Å²) in [6.07, 6.45) is 1.69. The van der Waals surface area contributed by atoms with Crippen LogP contribution in [0.2, 0.25) is 0 Å². The maximum absolute atomic E-state index is 10.6. The van der Waals surface area contributed by atoms with Gasteiger partial charge in [0.1, 0.15) is 0 Å². The first-order valence-corrected chi connectivity index (χ1v) is 5.62. The van der Waals surface area contributed by atoms with E-state index < -0.39 is 5.97 Å². The Labute approximate surface area is 95.0 Å². The summed E-state index contributed by atoms with van der Waals surface area (Å²) in [4.78, 5) is 10.6. The second-order valence-corrected chi connectivity index (χ2v) is 4.27. The summed E-state index contributed by atoms with van der Waals surface area (Å²) in [5.41, 5.74) is 1.16. The smallest absolute Gasteiger partial charge is 0.306 e. The fraction of sp³-hybridized carbons (Fsp3) is 0.462. The molecule has 0 radical (unpaired) electrons. The molecule has 1 aliphatic carbocycles. The summed E-state index contributed by atoms with van der Waals surface area (Å²) in [6.45, 7) is 1.27. The van der Waals surface area contributed by atoms with Crippen LogP contribution in [-0.2, 0) is 16.1 Å². The third kappa shape index (κ3) is 3.07. The van der Waals surface area contributed by atoms with E-state index in [9.17, 15) is 4.79 Å². The molecule has 1 fully saturated rings. The van der Waals surface area contributed by atoms with Crippen LogP contribution in [0.3, 0.4) is 0 Å². The Hall–Kier alpha value is -1.35. The van der Waals surface area contributed by atoms with E-state index in [1.54, 1.807) is 0 Å². The standard InChI is InChI=1S/C13H16O3/c14-13(15)12-8-11(12)6-7-16-9-10-4-2-1-3-5-10/h1-5,11-12H,6-9H2,(H,14,15)/t11-,12-/m1/s1. The molecule has 0 aromatic heterocycles. The first-order chi connectivity index (χ1) is 7.77. The Morgan fingerprint density at radius 1 is 1.38 bits per heavy atom. The van der Waals surface area contributed by atoms with E-state index in [4.69, 9.17) is 9.84 Å². The molecule has 1 aliphatic rings. The number of carbonyl (C=O) groups is 1. The normalized spacial score (nSPS) is 23.0. The van der Waals surface area contributed by atoms with Crippen molar-refractivity contribution in [2.24, 2.45) is 11.8 Å². The number of aliphatic carboxylic acids is 1. The average Bonchev–Trinajstić information content (AvgIpc) is 3.05. The Balaban J connectivity index is 1.58. The van der Waals surface area contributed by atoms with Crippen molar-refractivity contribution in [2.45, 2.75) is 19.4 Å². The fourth-order valence-electron chi connectivity index (χ4n) is 1.87. The van der Waals surface area contributed by atoms with Gasteiger partial charge in [-0.2, -0.15) is 0 Å². The Bertz CT molecular complexity index is 347. The van der Waals surface area contributed by atoms with E-state index in [2.05, 4.69) is 0 Å². The van der Waals surface area contributed by atoms with Gasteiger partial charge in [0.15, 0.2) is 0 Å². The van der Waals surface area contributed by atoms with E-state index in [1.807, 2.05) is 30.3 Å². The van der Waals surface area contributed by atoms with Crippen LogP contribution >= 0.6 is 0 Å². The Morgan fingerprint density at radius 3 is 2.75 bits per heavy atom. The first kappa shape index (κ1) is 11.1. The van der Waals surface area contributed by atoms with Gasteiger partial charge in [0, 0.05) is 6.61 Å². The number of rotatable bonds is 6. The topological polar surface area (TPSA) is 46.5 Å². The minimum Gasteiger partial charge on any atom is -0.481 e. The van der Waals surface area contributed by atoms with Gasteiger partial charge in [-0.1, -0.05) is 30.3 Å². The molecule has 0 saturated heterocycles. The van der Waals surface area contributed by atoms with Crippen molar-refractivity contribution in [2.75, 3.05) is 6.61 Å². The van der Waals surface area contributed by atoms with Crippen molar-refractivity contribution in [3.8, 4) is 0 Å². The summed E-state index contributed by atoms with van der Waals surface area (Å²) < 4.78 is 5.51. The quantitative estimate of drug-likeness (QED) is 0.748. The highest BCUT2D eigenvalue weighted by Crippen LogP contribution is 2.41. The molecule has 3 nitrogen and oxygen atoms in total. The van der Waals surface area contributed by atoms with Crippen molar-refractivity contribution in [1.29, 1.82) is 0 Å². The van der Waals surface area contributed by atoms with Gasteiger partial charge in [-0.05, 0) is 24.3 Å². The van der Waals surface area contributed by atoms with Crippen molar-refractivity contribution >= 4 is 5.97 Å². The predicted molar refractivity (Wildman–Crippen MR) is 59.9 cm³/mol. The molecular formula is C13H16O3.